The van der Waals surface area contributed by atoms with Gasteiger partial charge >= 0.3 is 0 Å². The molecular formula is C13H19ClO3. The van der Waals surface area contributed by atoms with Gasteiger partial charge in [-0.2, -0.15) is 0 Å². The fourth-order valence-electron chi connectivity index (χ4n) is 1.27. The molecule has 4 heteroatoms. The Bertz CT molecular complexity index is 353. The van der Waals surface area contributed by atoms with Gasteiger partial charge in [-0.05, 0) is 38.5 Å². The van der Waals surface area contributed by atoms with E-state index in [9.17, 15) is 5.11 Å². The molecule has 17 heavy (non-hydrogen) atoms. The van der Waals surface area contributed by atoms with Crippen molar-refractivity contribution < 1.29 is 14.6 Å². The monoisotopic (exact) mass is 258 g/mol. The lowest BCUT2D eigenvalue weighted by molar-refractivity contribution is -0.0123. The Labute approximate surface area is 107 Å². The molecule has 0 saturated heterocycles. The van der Waals surface area contributed by atoms with E-state index in [4.69, 9.17) is 21.1 Å². The first-order valence-electron chi connectivity index (χ1n) is 5.67. The largest absolute Gasteiger partial charge is 0.490 e. The third-order valence-corrected chi connectivity index (χ3v) is 2.44. The lowest BCUT2D eigenvalue weighted by Crippen LogP contribution is -2.25. The van der Waals surface area contributed by atoms with Crippen LogP contribution in [0, 0.1) is 6.92 Å². The molecule has 0 bridgehead atoms. The van der Waals surface area contributed by atoms with Gasteiger partial charge in [0.1, 0.15) is 18.5 Å². The molecule has 0 saturated carbocycles. The highest BCUT2D eigenvalue weighted by atomic mass is 35.5. The van der Waals surface area contributed by atoms with Crippen molar-refractivity contribution in [2.24, 2.45) is 0 Å². The van der Waals surface area contributed by atoms with Gasteiger partial charge in [0, 0.05) is 5.02 Å². The molecule has 0 aliphatic heterocycles. The summed E-state index contributed by atoms with van der Waals surface area (Å²) in [5.41, 5.74) is 0.992. The Balaban J connectivity index is 2.41. The maximum absolute atomic E-state index is 9.64. The zero-order valence-electron chi connectivity index (χ0n) is 10.4. The van der Waals surface area contributed by atoms with Crippen molar-refractivity contribution in [2.45, 2.75) is 33.0 Å². The van der Waals surface area contributed by atoms with Crippen LogP contribution in [0.4, 0.5) is 0 Å². The Morgan fingerprint density at radius 3 is 2.65 bits per heavy atom. The number of hydrogen-bond acceptors (Lipinski definition) is 3. The van der Waals surface area contributed by atoms with Gasteiger partial charge in [0.15, 0.2) is 0 Å². The van der Waals surface area contributed by atoms with Gasteiger partial charge in [-0.25, -0.2) is 0 Å². The molecule has 1 aromatic rings. The maximum atomic E-state index is 9.64. The number of rotatable bonds is 6. The molecular weight excluding hydrogens is 240 g/mol. The van der Waals surface area contributed by atoms with Gasteiger partial charge < -0.3 is 14.6 Å². The molecule has 96 valence electrons. The normalized spacial score (nSPS) is 12.8. The summed E-state index contributed by atoms with van der Waals surface area (Å²) in [5.74, 6) is 0.695. The summed E-state index contributed by atoms with van der Waals surface area (Å²) >= 11 is 5.87. The number of ether oxygens (including phenoxy) is 2. The van der Waals surface area contributed by atoms with E-state index in [1.54, 1.807) is 6.07 Å². The van der Waals surface area contributed by atoms with Gasteiger partial charge in [-0.1, -0.05) is 17.7 Å². The molecule has 0 spiro atoms. The molecule has 1 atom stereocenters. The van der Waals surface area contributed by atoms with Crippen LogP contribution in [0.1, 0.15) is 19.4 Å². The minimum Gasteiger partial charge on any atom is -0.490 e. The van der Waals surface area contributed by atoms with Crippen LogP contribution in [-0.4, -0.2) is 30.5 Å². The summed E-state index contributed by atoms with van der Waals surface area (Å²) in [5, 5.41) is 10.3. The standard InChI is InChI=1S/C13H19ClO3/c1-9(2)16-7-12(15)8-17-13-6-11(14)5-4-10(13)3/h4-6,9,12,15H,7-8H2,1-3H3. The number of halogens is 1. The number of aryl methyl sites for hydroxylation is 1. The zero-order valence-corrected chi connectivity index (χ0v) is 11.2. The summed E-state index contributed by atoms with van der Waals surface area (Å²) in [7, 11) is 0. The van der Waals surface area contributed by atoms with E-state index in [1.807, 2.05) is 32.9 Å². The molecule has 0 amide bonds. The summed E-state index contributed by atoms with van der Waals surface area (Å²) in [6, 6.07) is 5.43. The van der Waals surface area contributed by atoms with E-state index in [0.29, 0.717) is 10.8 Å². The third kappa shape index (κ3) is 5.39. The molecule has 3 nitrogen and oxygen atoms in total. The number of hydrogen-bond donors (Lipinski definition) is 1. The molecule has 1 rings (SSSR count). The minimum absolute atomic E-state index is 0.109. The Morgan fingerprint density at radius 1 is 1.29 bits per heavy atom. The first-order valence-corrected chi connectivity index (χ1v) is 6.05. The van der Waals surface area contributed by atoms with Crippen molar-refractivity contribution in [1.29, 1.82) is 0 Å². The fourth-order valence-corrected chi connectivity index (χ4v) is 1.43. The maximum Gasteiger partial charge on any atom is 0.123 e. The summed E-state index contributed by atoms with van der Waals surface area (Å²) in [4.78, 5) is 0. The second kappa shape index (κ2) is 6.84. The molecule has 0 aromatic heterocycles. The van der Waals surface area contributed by atoms with E-state index in [1.165, 1.54) is 0 Å². The van der Waals surface area contributed by atoms with Crippen LogP contribution in [0.5, 0.6) is 5.75 Å². The van der Waals surface area contributed by atoms with E-state index in [2.05, 4.69) is 0 Å². The Kier molecular flexibility index (Phi) is 5.75. The highest BCUT2D eigenvalue weighted by Gasteiger charge is 2.08. The Morgan fingerprint density at radius 2 is 2.00 bits per heavy atom. The predicted octanol–water partition coefficient (Wildman–Crippen LogP) is 2.81. The van der Waals surface area contributed by atoms with E-state index in [0.717, 1.165) is 5.56 Å². The van der Waals surface area contributed by atoms with Crippen molar-refractivity contribution in [3.63, 3.8) is 0 Å². The van der Waals surface area contributed by atoms with Crippen molar-refractivity contribution in [1.82, 2.24) is 0 Å². The van der Waals surface area contributed by atoms with Crippen LogP contribution in [-0.2, 0) is 4.74 Å². The lowest BCUT2D eigenvalue weighted by atomic mass is 10.2. The van der Waals surface area contributed by atoms with Crippen LogP contribution in [0.2, 0.25) is 5.02 Å². The number of aliphatic hydroxyl groups is 1. The Hall–Kier alpha value is -0.770. The van der Waals surface area contributed by atoms with Crippen molar-refractivity contribution in [3.8, 4) is 5.75 Å². The fraction of sp³-hybridized carbons (Fsp3) is 0.538. The summed E-state index contributed by atoms with van der Waals surface area (Å²) < 4.78 is 10.8. The van der Waals surface area contributed by atoms with Gasteiger partial charge in [0.2, 0.25) is 0 Å². The molecule has 1 aromatic carbocycles. The molecule has 0 radical (unpaired) electrons. The third-order valence-electron chi connectivity index (χ3n) is 2.20. The molecule has 0 aliphatic carbocycles. The predicted molar refractivity (Wildman–Crippen MR) is 68.8 cm³/mol. The van der Waals surface area contributed by atoms with E-state index >= 15 is 0 Å². The molecule has 0 aliphatic rings. The number of benzene rings is 1. The average Bonchev–Trinajstić information content (AvgIpc) is 2.27. The second-order valence-corrected chi connectivity index (χ2v) is 4.69. The van der Waals surface area contributed by atoms with Crippen LogP contribution in [0.15, 0.2) is 18.2 Å². The average molecular weight is 259 g/mol. The first kappa shape index (κ1) is 14.3. The smallest absolute Gasteiger partial charge is 0.123 e. The van der Waals surface area contributed by atoms with E-state index in [-0.39, 0.29) is 19.3 Å². The highest BCUT2D eigenvalue weighted by Crippen LogP contribution is 2.22. The van der Waals surface area contributed by atoms with Crippen molar-refractivity contribution in [2.75, 3.05) is 13.2 Å². The quantitative estimate of drug-likeness (QED) is 0.853. The van der Waals surface area contributed by atoms with Gasteiger partial charge in [0.05, 0.1) is 12.7 Å². The SMILES string of the molecule is Cc1ccc(Cl)cc1OCC(O)COC(C)C. The van der Waals surface area contributed by atoms with Crippen LogP contribution < -0.4 is 4.74 Å². The van der Waals surface area contributed by atoms with Gasteiger partial charge in [-0.3, -0.25) is 0 Å². The summed E-state index contributed by atoms with van der Waals surface area (Å²) in [6.45, 7) is 6.26. The number of aliphatic hydroxyl groups excluding tert-OH is 1. The second-order valence-electron chi connectivity index (χ2n) is 4.26. The first-order chi connectivity index (χ1) is 7.99. The van der Waals surface area contributed by atoms with E-state index < -0.39 is 6.10 Å². The van der Waals surface area contributed by atoms with Crippen molar-refractivity contribution in [3.05, 3.63) is 28.8 Å². The molecule has 1 N–H and O–H groups in total. The van der Waals surface area contributed by atoms with Gasteiger partial charge in [0.25, 0.3) is 0 Å². The molecule has 1 unspecified atom stereocenters. The lowest BCUT2D eigenvalue weighted by Gasteiger charge is -2.15. The zero-order chi connectivity index (χ0) is 12.8. The van der Waals surface area contributed by atoms with Crippen LogP contribution >= 0.6 is 11.6 Å². The summed E-state index contributed by atoms with van der Waals surface area (Å²) in [6.07, 6.45) is -0.520. The molecule has 0 fully saturated rings. The van der Waals surface area contributed by atoms with Crippen LogP contribution in [0.25, 0.3) is 0 Å². The molecule has 0 heterocycles. The van der Waals surface area contributed by atoms with Gasteiger partial charge in [-0.15, -0.1) is 0 Å². The topological polar surface area (TPSA) is 38.7 Å². The van der Waals surface area contributed by atoms with Crippen LogP contribution in [0.3, 0.4) is 0 Å². The van der Waals surface area contributed by atoms with Crippen molar-refractivity contribution >= 4 is 11.6 Å². The minimum atomic E-state index is -0.629. The highest BCUT2D eigenvalue weighted by molar-refractivity contribution is 6.30.